The minimum absolute atomic E-state index is 0.0628. The zero-order chi connectivity index (χ0) is 14.6. The van der Waals surface area contributed by atoms with Crippen LogP contribution in [0.25, 0.3) is 0 Å². The van der Waals surface area contributed by atoms with E-state index in [1.54, 1.807) is 0 Å². The molecule has 0 aliphatic carbocycles. The van der Waals surface area contributed by atoms with Gasteiger partial charge in [-0.1, -0.05) is 0 Å². The lowest BCUT2D eigenvalue weighted by Gasteiger charge is -1.92. The van der Waals surface area contributed by atoms with E-state index in [-0.39, 0.29) is 12.8 Å². The van der Waals surface area contributed by atoms with Gasteiger partial charge in [-0.2, -0.15) is 0 Å². The van der Waals surface area contributed by atoms with Crippen LogP contribution < -0.4 is 0 Å². The number of methoxy groups -OCH3 is 2. The first kappa shape index (κ1) is 18.3. The Labute approximate surface area is 103 Å². The predicted octanol–water partition coefficient (Wildman–Crippen LogP) is 0.0484. The molecule has 0 saturated heterocycles. The van der Waals surface area contributed by atoms with Gasteiger partial charge >= 0.3 is 23.9 Å². The number of unbranched alkanes of at least 4 members (excludes halogenated alkanes) is 1. The number of hydrogen-bond donors (Lipinski definition) is 2. The lowest BCUT2D eigenvalue weighted by molar-refractivity contribution is -0.164. The Kier molecular flexibility index (Phi) is 11.5. The highest BCUT2D eigenvalue weighted by molar-refractivity contribution is 6.29. The fraction of sp³-hybridized carbons (Fsp3) is 0.600. The van der Waals surface area contributed by atoms with E-state index in [1.807, 2.05) is 0 Å². The summed E-state index contributed by atoms with van der Waals surface area (Å²) in [5, 5.41) is 16.3. The summed E-state index contributed by atoms with van der Waals surface area (Å²) in [6.45, 7) is 0. The molecule has 0 aromatic rings. The molecule has 18 heavy (non-hydrogen) atoms. The minimum Gasteiger partial charge on any atom is -0.481 e. The third kappa shape index (κ3) is 13.9. The summed E-state index contributed by atoms with van der Waals surface area (Å²) < 4.78 is 7.98. The van der Waals surface area contributed by atoms with Crippen LogP contribution in [0.4, 0.5) is 0 Å². The summed E-state index contributed by atoms with van der Waals surface area (Å²) in [4.78, 5) is 39.9. The minimum atomic E-state index is -0.979. The van der Waals surface area contributed by atoms with Gasteiger partial charge in [0.05, 0.1) is 14.2 Å². The normalized spacial score (nSPS) is 8.56. The molecule has 8 nitrogen and oxygen atoms in total. The van der Waals surface area contributed by atoms with E-state index in [1.165, 1.54) is 0 Å². The third-order valence-corrected chi connectivity index (χ3v) is 1.57. The monoisotopic (exact) mass is 264 g/mol. The summed E-state index contributed by atoms with van der Waals surface area (Å²) in [7, 11) is 2.22. The first-order valence-corrected chi connectivity index (χ1v) is 4.95. The van der Waals surface area contributed by atoms with E-state index in [0.29, 0.717) is 12.8 Å². The van der Waals surface area contributed by atoms with Crippen molar-refractivity contribution in [1.82, 2.24) is 0 Å². The molecular formula is C10H16O8. The molecule has 0 rings (SSSR count). The van der Waals surface area contributed by atoms with E-state index in [0.717, 1.165) is 14.2 Å². The average Bonchev–Trinajstić information content (AvgIpc) is 2.33. The SMILES string of the molecule is COC(=O)C(=O)OC.O=C(O)CCCCC(=O)O. The van der Waals surface area contributed by atoms with E-state index in [2.05, 4.69) is 9.47 Å². The number of esters is 2. The molecule has 104 valence electrons. The van der Waals surface area contributed by atoms with Crippen molar-refractivity contribution in [2.24, 2.45) is 0 Å². The highest BCUT2D eigenvalue weighted by Gasteiger charge is 2.11. The van der Waals surface area contributed by atoms with Crippen molar-refractivity contribution in [1.29, 1.82) is 0 Å². The number of aliphatic carboxylic acids is 2. The molecule has 0 aliphatic rings. The van der Waals surface area contributed by atoms with Crippen LogP contribution in [0.15, 0.2) is 0 Å². The molecule has 0 spiro atoms. The van der Waals surface area contributed by atoms with Gasteiger partial charge in [0.1, 0.15) is 0 Å². The molecule has 0 atom stereocenters. The van der Waals surface area contributed by atoms with Crippen molar-refractivity contribution >= 4 is 23.9 Å². The lowest BCUT2D eigenvalue weighted by atomic mass is 10.2. The third-order valence-electron chi connectivity index (χ3n) is 1.57. The maximum atomic E-state index is 10.0. The molecule has 0 heterocycles. The zero-order valence-electron chi connectivity index (χ0n) is 10.2. The van der Waals surface area contributed by atoms with Crippen molar-refractivity contribution < 1.29 is 38.9 Å². The number of carbonyl (C=O) groups excluding carboxylic acids is 2. The maximum absolute atomic E-state index is 10.0. The number of hydrogen-bond acceptors (Lipinski definition) is 6. The molecule has 8 heteroatoms. The van der Waals surface area contributed by atoms with Gasteiger partial charge in [0.25, 0.3) is 0 Å². The average molecular weight is 264 g/mol. The second-order valence-corrected chi connectivity index (χ2v) is 2.98. The van der Waals surface area contributed by atoms with Gasteiger partial charge in [-0.15, -0.1) is 0 Å². The standard InChI is InChI=1S/C6H10O4.C4H6O4/c7-5(8)3-1-2-4-6(9)10;1-7-3(5)4(6)8-2/h1-4H2,(H,7,8)(H,9,10);1-2H3. The van der Waals surface area contributed by atoms with Crippen molar-refractivity contribution in [2.75, 3.05) is 14.2 Å². The topological polar surface area (TPSA) is 127 Å². The van der Waals surface area contributed by atoms with Crippen LogP contribution in [0.1, 0.15) is 25.7 Å². The Bertz CT molecular complexity index is 266. The van der Waals surface area contributed by atoms with Crippen LogP contribution in [-0.4, -0.2) is 48.3 Å². The first-order valence-electron chi connectivity index (χ1n) is 4.95. The Balaban J connectivity index is 0. The summed E-state index contributed by atoms with van der Waals surface area (Å²) >= 11 is 0. The number of carboxylic acid groups (broad SMARTS) is 2. The summed E-state index contributed by atoms with van der Waals surface area (Å²) in [5.74, 6) is -3.70. The Morgan fingerprint density at radius 1 is 0.778 bits per heavy atom. The molecule has 2 N–H and O–H groups in total. The Morgan fingerprint density at radius 3 is 1.22 bits per heavy atom. The zero-order valence-corrected chi connectivity index (χ0v) is 10.2. The van der Waals surface area contributed by atoms with Gasteiger partial charge in [-0.25, -0.2) is 9.59 Å². The second kappa shape index (κ2) is 11.4. The highest BCUT2D eigenvalue weighted by atomic mass is 16.6. The number of carboxylic acids is 2. The van der Waals surface area contributed by atoms with Crippen LogP contribution in [-0.2, 0) is 28.7 Å². The summed E-state index contributed by atoms with van der Waals surface area (Å²) in [6.07, 6.45) is 1.02. The van der Waals surface area contributed by atoms with Gasteiger partial charge in [-0.05, 0) is 12.8 Å². The van der Waals surface area contributed by atoms with Gasteiger partial charge < -0.3 is 19.7 Å². The fourth-order valence-electron chi connectivity index (χ4n) is 0.719. The Hall–Kier alpha value is -2.12. The van der Waals surface area contributed by atoms with E-state index in [4.69, 9.17) is 10.2 Å². The van der Waals surface area contributed by atoms with Crippen molar-refractivity contribution in [2.45, 2.75) is 25.7 Å². The van der Waals surface area contributed by atoms with Crippen molar-refractivity contribution in [3.8, 4) is 0 Å². The van der Waals surface area contributed by atoms with E-state index in [9.17, 15) is 19.2 Å². The van der Waals surface area contributed by atoms with Crippen molar-refractivity contribution in [3.05, 3.63) is 0 Å². The molecule has 0 radical (unpaired) electrons. The largest absolute Gasteiger partial charge is 0.481 e. The van der Waals surface area contributed by atoms with Gasteiger partial charge in [0.2, 0.25) is 0 Å². The smallest absolute Gasteiger partial charge is 0.417 e. The van der Waals surface area contributed by atoms with Crippen LogP contribution in [0.5, 0.6) is 0 Å². The fourth-order valence-corrected chi connectivity index (χ4v) is 0.719. The molecule has 0 bridgehead atoms. The Morgan fingerprint density at radius 2 is 1.06 bits per heavy atom. The second-order valence-electron chi connectivity index (χ2n) is 2.98. The van der Waals surface area contributed by atoms with Gasteiger partial charge in [0.15, 0.2) is 0 Å². The van der Waals surface area contributed by atoms with Crippen molar-refractivity contribution in [3.63, 3.8) is 0 Å². The maximum Gasteiger partial charge on any atom is 0.417 e. The van der Waals surface area contributed by atoms with Crippen LogP contribution in [0.2, 0.25) is 0 Å². The summed E-state index contributed by atoms with van der Waals surface area (Å²) in [5.41, 5.74) is 0. The van der Waals surface area contributed by atoms with E-state index < -0.39 is 23.9 Å². The predicted molar refractivity (Wildman–Crippen MR) is 57.8 cm³/mol. The number of rotatable bonds is 5. The molecule has 0 fully saturated rings. The molecule has 0 amide bonds. The molecule has 0 unspecified atom stereocenters. The van der Waals surface area contributed by atoms with Crippen LogP contribution in [0.3, 0.4) is 0 Å². The molecule has 0 saturated carbocycles. The highest BCUT2D eigenvalue weighted by Crippen LogP contribution is 1.98. The van der Waals surface area contributed by atoms with Gasteiger partial charge in [0, 0.05) is 12.8 Å². The quantitative estimate of drug-likeness (QED) is 0.405. The van der Waals surface area contributed by atoms with E-state index >= 15 is 0 Å². The summed E-state index contributed by atoms with van der Waals surface area (Å²) in [6, 6.07) is 0. The van der Waals surface area contributed by atoms with Crippen LogP contribution in [0, 0.1) is 0 Å². The van der Waals surface area contributed by atoms with Gasteiger partial charge in [-0.3, -0.25) is 9.59 Å². The lowest BCUT2D eigenvalue weighted by Crippen LogP contribution is -2.16. The van der Waals surface area contributed by atoms with Crippen LogP contribution >= 0.6 is 0 Å². The molecule has 0 aliphatic heterocycles. The number of ether oxygens (including phenoxy) is 2. The molecule has 0 aromatic heterocycles. The number of carbonyl (C=O) groups is 4. The molecule has 0 aromatic carbocycles. The first-order chi connectivity index (χ1) is 8.34. The molecular weight excluding hydrogens is 248 g/mol.